The van der Waals surface area contributed by atoms with Crippen LogP contribution in [0.2, 0.25) is 0 Å². The third-order valence-corrected chi connectivity index (χ3v) is 113. The third-order valence-electron chi connectivity index (χ3n) is 7.78. The molecule has 0 aromatic heterocycles. The molecule has 0 bridgehead atoms. The first kappa shape index (κ1) is 34.2. The van der Waals surface area contributed by atoms with Gasteiger partial charge in [0.25, 0.3) is 0 Å². The standard InChI is InChI=1S/3C9H21P.ClH.Ru/c3*1-4-7-10(8-5-2)9-6-3;;/h3*4-9H2,1-3H3;1H;/q;;;;-2/p+2. The second-order valence-corrected chi connectivity index (χ2v) is 62.8. The molecule has 0 heterocycles. The SMILES string of the molecule is CCC[PH](CCC)(CCC)[Ru]([Cl])([PH](CCC)(CCC)CCC)[PH](CCC)(CCC)CCC. The van der Waals surface area contributed by atoms with Crippen LogP contribution < -0.4 is 0 Å². The summed E-state index contributed by atoms with van der Waals surface area (Å²) in [6.07, 6.45) is 26.9. The fourth-order valence-corrected chi connectivity index (χ4v) is 149. The van der Waals surface area contributed by atoms with E-state index in [1.807, 2.05) is 0 Å². The molecule has 0 radical (unpaired) electrons. The molecule has 0 atom stereocenters. The summed E-state index contributed by atoms with van der Waals surface area (Å²) in [5.74, 6) is 0. The molecule has 0 unspecified atom stereocenters. The normalized spacial score (nSPS) is 17.7. The summed E-state index contributed by atoms with van der Waals surface area (Å²) in [7, 11) is 9.07. The predicted octanol–water partition coefficient (Wildman–Crippen LogP) is 11.0. The summed E-state index contributed by atoms with van der Waals surface area (Å²) in [6.45, 7) is 22.6. The van der Waals surface area contributed by atoms with Crippen molar-refractivity contribution in [1.82, 2.24) is 0 Å². The summed E-state index contributed by atoms with van der Waals surface area (Å²) in [5.41, 5.74) is -4.45. The molecule has 0 saturated carbocycles. The molecule has 0 aliphatic rings. The second kappa shape index (κ2) is 17.6. The summed E-state index contributed by atoms with van der Waals surface area (Å²) < 4.78 is 0. The Labute approximate surface area is 213 Å². The molecule has 0 aromatic rings. The Balaban J connectivity index is 7.63. The molecule has 204 valence electrons. The van der Waals surface area contributed by atoms with Crippen molar-refractivity contribution in [3.05, 3.63) is 0 Å². The van der Waals surface area contributed by atoms with Gasteiger partial charge in [0.2, 0.25) is 0 Å². The van der Waals surface area contributed by atoms with Crippen LogP contribution in [0.5, 0.6) is 0 Å². The van der Waals surface area contributed by atoms with Gasteiger partial charge in [0.05, 0.1) is 0 Å². The molecule has 0 nitrogen and oxygen atoms in total. The predicted molar refractivity (Wildman–Crippen MR) is 167 cm³/mol. The summed E-state index contributed by atoms with van der Waals surface area (Å²) in [5, 5.41) is 0. The van der Waals surface area contributed by atoms with Gasteiger partial charge in [-0.05, 0) is 0 Å². The fraction of sp³-hybridized carbons (Fsp3) is 1.00. The Morgan fingerprint density at radius 3 is 0.562 bits per heavy atom. The maximum absolute atomic E-state index is 9.07. The van der Waals surface area contributed by atoms with Crippen LogP contribution in [0.25, 0.3) is 0 Å². The van der Waals surface area contributed by atoms with Gasteiger partial charge in [-0.2, -0.15) is 0 Å². The number of halogens is 1. The molecule has 0 aliphatic carbocycles. The van der Waals surface area contributed by atoms with Gasteiger partial charge in [0.15, 0.2) is 0 Å². The van der Waals surface area contributed by atoms with Crippen LogP contribution in [0.3, 0.4) is 0 Å². The number of hydrogen-bond donors (Lipinski definition) is 0. The van der Waals surface area contributed by atoms with E-state index in [9.17, 15) is 0 Å². The quantitative estimate of drug-likeness (QED) is 0.0885. The van der Waals surface area contributed by atoms with Crippen molar-refractivity contribution in [2.24, 2.45) is 0 Å². The van der Waals surface area contributed by atoms with Crippen LogP contribution in [-0.2, 0) is 12.3 Å². The van der Waals surface area contributed by atoms with E-state index in [4.69, 9.17) is 9.69 Å². The zero-order chi connectivity index (χ0) is 24.7. The van der Waals surface area contributed by atoms with Crippen molar-refractivity contribution in [2.75, 3.05) is 55.5 Å². The average Bonchev–Trinajstić information content (AvgIpc) is 2.74. The van der Waals surface area contributed by atoms with Gasteiger partial charge in [-0.15, -0.1) is 0 Å². The minimum absolute atomic E-state index is 1.41. The molecule has 0 rings (SSSR count). The van der Waals surface area contributed by atoms with E-state index in [2.05, 4.69) is 62.3 Å². The van der Waals surface area contributed by atoms with Gasteiger partial charge in [-0.1, -0.05) is 0 Å². The third kappa shape index (κ3) is 7.38. The van der Waals surface area contributed by atoms with Crippen molar-refractivity contribution >= 4 is 26.5 Å². The van der Waals surface area contributed by atoms with Crippen molar-refractivity contribution in [1.29, 1.82) is 0 Å². The van der Waals surface area contributed by atoms with Gasteiger partial charge in [0.1, 0.15) is 0 Å². The van der Waals surface area contributed by atoms with Crippen molar-refractivity contribution < 1.29 is 12.3 Å². The zero-order valence-electron chi connectivity index (χ0n) is 24.0. The Bertz CT molecular complexity index is 356. The maximum atomic E-state index is 9.07. The van der Waals surface area contributed by atoms with E-state index < -0.39 is 29.1 Å². The summed E-state index contributed by atoms with van der Waals surface area (Å²) in [4.78, 5) is 0. The van der Waals surface area contributed by atoms with Gasteiger partial charge < -0.3 is 0 Å². The Morgan fingerprint density at radius 1 is 0.344 bits per heavy atom. The van der Waals surface area contributed by atoms with Gasteiger partial charge in [-0.3, -0.25) is 0 Å². The zero-order valence-corrected chi connectivity index (χ0v) is 29.5. The van der Waals surface area contributed by atoms with Crippen molar-refractivity contribution in [3.63, 3.8) is 0 Å². The number of hydrogen-bond acceptors (Lipinski definition) is 0. The molecular formula is C27H66ClP3Ru. The summed E-state index contributed by atoms with van der Waals surface area (Å²) in [6, 6.07) is 0. The molecule has 5 heteroatoms. The molecule has 32 heavy (non-hydrogen) atoms. The van der Waals surface area contributed by atoms with Crippen LogP contribution in [0.1, 0.15) is 120 Å². The van der Waals surface area contributed by atoms with Crippen LogP contribution in [0, 0.1) is 0 Å². The minimum atomic E-state index is -2.38. The van der Waals surface area contributed by atoms with Crippen LogP contribution >= 0.6 is 26.5 Å². The van der Waals surface area contributed by atoms with E-state index in [0.717, 1.165) is 0 Å². The van der Waals surface area contributed by atoms with E-state index in [1.54, 1.807) is 55.5 Å². The average molecular weight is 620 g/mol. The number of rotatable bonds is 21. The first-order valence-corrected chi connectivity index (χ1v) is 32.2. The molecule has 0 spiro atoms. The first-order chi connectivity index (χ1) is 15.3. The van der Waals surface area contributed by atoms with Crippen molar-refractivity contribution in [2.45, 2.75) is 120 Å². The van der Waals surface area contributed by atoms with Gasteiger partial charge in [0, 0.05) is 0 Å². The van der Waals surface area contributed by atoms with Crippen molar-refractivity contribution in [3.8, 4) is 0 Å². The molecule has 0 aliphatic heterocycles. The molecule has 0 fully saturated rings. The topological polar surface area (TPSA) is 0 Å². The second-order valence-electron chi connectivity index (χ2n) is 10.6. The van der Waals surface area contributed by atoms with Gasteiger partial charge in [-0.25, -0.2) is 0 Å². The van der Waals surface area contributed by atoms with Crippen LogP contribution in [0.4, 0.5) is 0 Å². The molecule has 0 N–H and O–H groups in total. The van der Waals surface area contributed by atoms with E-state index in [1.165, 1.54) is 57.8 Å². The van der Waals surface area contributed by atoms with Crippen LogP contribution in [0.15, 0.2) is 0 Å². The fourth-order valence-electron chi connectivity index (χ4n) is 7.39. The Morgan fingerprint density at radius 2 is 0.469 bits per heavy atom. The summed E-state index contributed by atoms with van der Waals surface area (Å²) >= 11 is -2.38. The van der Waals surface area contributed by atoms with E-state index in [-0.39, 0.29) is 0 Å². The van der Waals surface area contributed by atoms with Crippen LogP contribution in [-0.4, -0.2) is 55.5 Å². The Hall–Kier alpha value is 2.20. The van der Waals surface area contributed by atoms with E-state index in [0.29, 0.717) is 0 Å². The first-order valence-electron chi connectivity index (χ1n) is 14.7. The van der Waals surface area contributed by atoms with E-state index >= 15 is 0 Å². The molecule has 0 aromatic carbocycles. The monoisotopic (exact) mass is 620 g/mol. The molecule has 0 saturated heterocycles. The Kier molecular flexibility index (Phi) is 18.8. The molecular weight excluding hydrogens is 554 g/mol. The molecule has 0 amide bonds. The van der Waals surface area contributed by atoms with Gasteiger partial charge >= 0.3 is 214 Å².